The summed E-state index contributed by atoms with van der Waals surface area (Å²) in [6, 6.07) is 35.6. The quantitative estimate of drug-likeness (QED) is 0.200. The predicted octanol–water partition coefficient (Wildman–Crippen LogP) is 7.78. The topological polar surface area (TPSA) is 0 Å². The van der Waals surface area contributed by atoms with E-state index < -0.39 is 15.8 Å². The Morgan fingerprint density at radius 1 is 0.371 bits per heavy atom. The van der Waals surface area contributed by atoms with Gasteiger partial charge in [0.1, 0.15) is 0 Å². The highest BCUT2D eigenvalue weighted by Crippen LogP contribution is 2.48. The van der Waals surface area contributed by atoms with E-state index in [2.05, 4.69) is 123 Å². The van der Waals surface area contributed by atoms with E-state index in [1.165, 1.54) is 21.2 Å². The molecule has 4 rings (SSSR count). The second kappa shape index (κ2) is 11.9. The van der Waals surface area contributed by atoms with Crippen LogP contribution in [0.4, 0.5) is 0 Å². The van der Waals surface area contributed by atoms with Gasteiger partial charge in [-0.15, -0.1) is 0 Å². The summed E-state index contributed by atoms with van der Waals surface area (Å²) in [6.07, 6.45) is 7.61. The van der Waals surface area contributed by atoms with Crippen molar-refractivity contribution in [3.05, 3.63) is 146 Å². The molecule has 0 unspecified atom stereocenters. The lowest BCUT2D eigenvalue weighted by molar-refractivity contribution is 1.68. The first-order valence-electron chi connectivity index (χ1n) is 11.6. The van der Waals surface area contributed by atoms with Crippen LogP contribution in [0.3, 0.4) is 0 Å². The van der Waals surface area contributed by atoms with Gasteiger partial charge in [0, 0.05) is 5.90 Å². The molecule has 4 aromatic carbocycles. The first kappa shape index (κ1) is 24.8. The SMILES string of the molecule is C=Cc1ccc(P(CP(c2ccc(C=C)cc2)c2ccc(C=C)cc2)c2ccc(C=C)cc2)cc1. The van der Waals surface area contributed by atoms with E-state index in [0.717, 1.165) is 28.2 Å². The van der Waals surface area contributed by atoms with Crippen LogP contribution in [0.5, 0.6) is 0 Å². The summed E-state index contributed by atoms with van der Waals surface area (Å²) in [4.78, 5) is 0. The molecule has 0 N–H and O–H groups in total. The molecular weight excluding hydrogens is 458 g/mol. The molecule has 0 aliphatic rings. The fourth-order valence-corrected chi connectivity index (χ4v) is 10.3. The summed E-state index contributed by atoms with van der Waals surface area (Å²) in [5.41, 5.74) is 4.59. The molecule has 0 atom stereocenters. The van der Waals surface area contributed by atoms with Crippen molar-refractivity contribution in [1.82, 2.24) is 0 Å². The third-order valence-corrected chi connectivity index (χ3v) is 12.0. The van der Waals surface area contributed by atoms with Crippen LogP contribution in [0.15, 0.2) is 123 Å². The Bertz CT molecular complexity index is 1090. The highest BCUT2D eigenvalue weighted by molar-refractivity contribution is 7.88. The first-order valence-corrected chi connectivity index (χ1v) is 14.7. The highest BCUT2D eigenvalue weighted by Gasteiger charge is 2.22. The summed E-state index contributed by atoms with van der Waals surface area (Å²) >= 11 is 0. The van der Waals surface area contributed by atoms with E-state index in [1.807, 2.05) is 24.3 Å². The molecule has 0 spiro atoms. The molecule has 4 aromatic rings. The molecule has 0 bridgehead atoms. The van der Waals surface area contributed by atoms with Crippen molar-refractivity contribution in [2.24, 2.45) is 0 Å². The largest absolute Gasteiger partial charge is 0.0985 e. The van der Waals surface area contributed by atoms with E-state index in [1.54, 1.807) is 0 Å². The van der Waals surface area contributed by atoms with E-state index >= 15 is 0 Å². The average Bonchev–Trinajstić information content (AvgIpc) is 2.94. The van der Waals surface area contributed by atoms with E-state index in [-0.39, 0.29) is 0 Å². The predicted molar refractivity (Wildman–Crippen MR) is 163 cm³/mol. The van der Waals surface area contributed by atoms with Crippen LogP contribution in [0.25, 0.3) is 24.3 Å². The highest BCUT2D eigenvalue weighted by atomic mass is 31.2. The monoisotopic (exact) mass is 488 g/mol. The minimum absolute atomic E-state index is 0.575. The van der Waals surface area contributed by atoms with Gasteiger partial charge in [-0.3, -0.25) is 0 Å². The van der Waals surface area contributed by atoms with Gasteiger partial charge in [-0.05, 0) is 59.3 Å². The number of hydrogen-bond acceptors (Lipinski definition) is 0. The molecule has 0 nitrogen and oxygen atoms in total. The summed E-state index contributed by atoms with van der Waals surface area (Å²) in [6.45, 7) is 15.7. The zero-order valence-corrected chi connectivity index (χ0v) is 21.8. The van der Waals surface area contributed by atoms with Crippen LogP contribution in [-0.4, -0.2) is 5.90 Å². The molecule has 0 saturated heterocycles. The van der Waals surface area contributed by atoms with Gasteiger partial charge in [0.2, 0.25) is 0 Å². The number of hydrogen-bond donors (Lipinski definition) is 0. The molecule has 0 aromatic heterocycles. The third kappa shape index (κ3) is 6.04. The summed E-state index contributed by atoms with van der Waals surface area (Å²) < 4.78 is 0. The lowest BCUT2D eigenvalue weighted by Crippen LogP contribution is -2.20. The van der Waals surface area contributed by atoms with Gasteiger partial charge in [-0.25, -0.2) is 0 Å². The normalized spacial score (nSPS) is 10.8. The molecule has 0 aliphatic carbocycles. The maximum atomic E-state index is 3.92. The molecule has 0 fully saturated rings. The molecule has 0 amide bonds. The van der Waals surface area contributed by atoms with Crippen molar-refractivity contribution in [2.45, 2.75) is 0 Å². The van der Waals surface area contributed by atoms with Crippen LogP contribution in [0.1, 0.15) is 22.3 Å². The van der Waals surface area contributed by atoms with Crippen molar-refractivity contribution in [3.63, 3.8) is 0 Å². The van der Waals surface area contributed by atoms with Crippen molar-refractivity contribution in [3.8, 4) is 0 Å². The van der Waals surface area contributed by atoms with Gasteiger partial charge in [0.05, 0.1) is 0 Å². The molecule has 2 heteroatoms. The van der Waals surface area contributed by atoms with Crippen LogP contribution >= 0.6 is 15.8 Å². The van der Waals surface area contributed by atoms with Gasteiger partial charge in [0.15, 0.2) is 0 Å². The van der Waals surface area contributed by atoms with E-state index in [4.69, 9.17) is 0 Å². The standard InChI is InChI=1S/C33H30P2/c1-5-26-9-17-30(18-10-26)34(31-19-11-27(6-2)12-20-31)25-35(32-21-13-28(7-3)14-22-32)33-23-15-29(8-4)16-24-33/h5-24H,1-4,25H2. The second-order valence-electron chi connectivity index (χ2n) is 8.18. The lowest BCUT2D eigenvalue weighted by atomic mass is 10.2. The minimum atomic E-state index is -0.575. The summed E-state index contributed by atoms with van der Waals surface area (Å²) in [5, 5.41) is 5.54. The second-order valence-corrected chi connectivity index (χ2v) is 13.1. The van der Waals surface area contributed by atoms with E-state index in [9.17, 15) is 0 Å². The van der Waals surface area contributed by atoms with Crippen molar-refractivity contribution < 1.29 is 0 Å². The van der Waals surface area contributed by atoms with Crippen LogP contribution in [0, 0.1) is 0 Å². The van der Waals surface area contributed by atoms with Crippen molar-refractivity contribution in [1.29, 1.82) is 0 Å². The smallest absolute Gasteiger partial charge is 0.00405 e. The first-order chi connectivity index (χ1) is 17.1. The summed E-state index contributed by atoms with van der Waals surface area (Å²) in [7, 11) is -1.15. The molecule has 0 saturated carbocycles. The zero-order chi connectivity index (χ0) is 24.6. The molecule has 0 heterocycles. The van der Waals surface area contributed by atoms with Gasteiger partial charge in [-0.2, -0.15) is 0 Å². The van der Waals surface area contributed by atoms with Gasteiger partial charge < -0.3 is 0 Å². The Hall–Kier alpha value is -3.30. The average molecular weight is 489 g/mol. The van der Waals surface area contributed by atoms with Crippen LogP contribution < -0.4 is 21.2 Å². The van der Waals surface area contributed by atoms with E-state index in [0.29, 0.717) is 0 Å². The van der Waals surface area contributed by atoms with Gasteiger partial charge in [-0.1, -0.05) is 148 Å². The molecule has 0 aliphatic heterocycles. The Balaban J connectivity index is 1.80. The summed E-state index contributed by atoms with van der Waals surface area (Å²) in [5.74, 6) is 1.08. The van der Waals surface area contributed by atoms with Crippen LogP contribution in [0.2, 0.25) is 0 Å². The fraction of sp³-hybridized carbons (Fsp3) is 0.0303. The maximum absolute atomic E-state index is 3.92. The van der Waals surface area contributed by atoms with Crippen molar-refractivity contribution >= 4 is 61.4 Å². The third-order valence-electron chi connectivity index (χ3n) is 6.04. The Labute approximate surface area is 212 Å². The Morgan fingerprint density at radius 2 is 0.571 bits per heavy atom. The maximum Gasteiger partial charge on any atom is 0.00405 e. The Morgan fingerprint density at radius 3 is 0.743 bits per heavy atom. The Kier molecular flexibility index (Phi) is 8.44. The molecule has 35 heavy (non-hydrogen) atoms. The molecular formula is C33H30P2. The van der Waals surface area contributed by atoms with Crippen molar-refractivity contribution in [2.75, 3.05) is 5.90 Å². The van der Waals surface area contributed by atoms with Gasteiger partial charge in [0.25, 0.3) is 0 Å². The number of rotatable bonds is 10. The molecule has 0 radical (unpaired) electrons. The minimum Gasteiger partial charge on any atom is -0.0985 e. The zero-order valence-electron chi connectivity index (χ0n) is 20.0. The fourth-order valence-electron chi connectivity index (χ4n) is 3.93. The van der Waals surface area contributed by atoms with Gasteiger partial charge >= 0.3 is 0 Å². The molecule has 172 valence electrons. The van der Waals surface area contributed by atoms with Crippen LogP contribution in [-0.2, 0) is 0 Å². The number of benzene rings is 4. The lowest BCUT2D eigenvalue weighted by Gasteiger charge is -2.27.